The van der Waals surface area contributed by atoms with Crippen LogP contribution < -0.4 is 5.32 Å². The highest BCUT2D eigenvalue weighted by Gasteiger charge is 2.29. The van der Waals surface area contributed by atoms with Crippen LogP contribution in [0.4, 0.5) is 5.13 Å². The van der Waals surface area contributed by atoms with Gasteiger partial charge in [-0.25, -0.2) is 4.98 Å². The van der Waals surface area contributed by atoms with Gasteiger partial charge in [0, 0.05) is 18.5 Å². The number of thiazole rings is 1. The minimum atomic E-state index is -0.766. The first kappa shape index (κ1) is 13.3. The van der Waals surface area contributed by atoms with Crippen molar-refractivity contribution in [3.8, 4) is 0 Å². The number of nitrogens with one attached hydrogen (secondary N) is 1. The maximum Gasteiger partial charge on any atom is 0.312 e. The van der Waals surface area contributed by atoms with E-state index in [2.05, 4.69) is 10.3 Å². The van der Waals surface area contributed by atoms with E-state index in [1.807, 2.05) is 6.92 Å². The summed E-state index contributed by atoms with van der Waals surface area (Å²) in [6, 6.07) is 0. The zero-order valence-corrected chi connectivity index (χ0v) is 11.4. The monoisotopic (exact) mass is 270 g/mol. The van der Waals surface area contributed by atoms with Crippen molar-refractivity contribution in [2.45, 2.75) is 38.2 Å². The molecule has 5 nitrogen and oxygen atoms in total. The Morgan fingerprint density at radius 2 is 2.50 bits per heavy atom. The summed E-state index contributed by atoms with van der Waals surface area (Å²) in [7, 11) is 1.67. The van der Waals surface area contributed by atoms with Gasteiger partial charge >= 0.3 is 5.97 Å². The number of aliphatic carboxylic acids is 1. The van der Waals surface area contributed by atoms with Crippen LogP contribution >= 0.6 is 11.3 Å². The molecule has 1 aliphatic carbocycles. The molecular weight excluding hydrogens is 252 g/mol. The van der Waals surface area contributed by atoms with Gasteiger partial charge in [0.1, 0.15) is 5.92 Å². The SMILES string of the molecule is COC(C)CNc1nc2c(s1)CCCC2C(=O)O. The van der Waals surface area contributed by atoms with Crippen molar-refractivity contribution in [1.82, 2.24) is 4.98 Å². The molecule has 0 aliphatic heterocycles. The van der Waals surface area contributed by atoms with E-state index in [0.29, 0.717) is 13.0 Å². The molecule has 18 heavy (non-hydrogen) atoms. The number of nitrogens with zero attached hydrogens (tertiary/aromatic N) is 1. The third-order valence-electron chi connectivity index (χ3n) is 3.20. The first-order chi connectivity index (χ1) is 8.61. The zero-order valence-electron chi connectivity index (χ0n) is 10.6. The van der Waals surface area contributed by atoms with Crippen LogP contribution in [-0.2, 0) is 16.0 Å². The minimum absolute atomic E-state index is 0.112. The van der Waals surface area contributed by atoms with Gasteiger partial charge in [0.25, 0.3) is 0 Å². The molecule has 1 aliphatic rings. The molecular formula is C12H18N2O3S. The second-order valence-corrected chi connectivity index (χ2v) is 5.62. The summed E-state index contributed by atoms with van der Waals surface area (Å²) in [4.78, 5) is 16.7. The Kier molecular flexibility index (Phi) is 4.19. The van der Waals surface area contributed by atoms with Gasteiger partial charge in [0.2, 0.25) is 0 Å². The predicted octanol–water partition coefficient (Wildman–Crippen LogP) is 2.09. The second kappa shape index (κ2) is 5.67. The summed E-state index contributed by atoms with van der Waals surface area (Å²) in [6.07, 6.45) is 2.68. The van der Waals surface area contributed by atoms with Crippen LogP contribution in [0.15, 0.2) is 0 Å². The fourth-order valence-electron chi connectivity index (χ4n) is 2.05. The van der Waals surface area contributed by atoms with Gasteiger partial charge in [-0.3, -0.25) is 4.79 Å². The van der Waals surface area contributed by atoms with Crippen LogP contribution in [0.5, 0.6) is 0 Å². The smallest absolute Gasteiger partial charge is 0.312 e. The largest absolute Gasteiger partial charge is 0.481 e. The quantitative estimate of drug-likeness (QED) is 0.857. The molecule has 2 unspecified atom stereocenters. The van der Waals surface area contributed by atoms with Crippen LogP contribution in [0.1, 0.15) is 36.3 Å². The van der Waals surface area contributed by atoms with Gasteiger partial charge in [-0.05, 0) is 26.2 Å². The number of aromatic nitrogens is 1. The number of carboxylic acid groups (broad SMARTS) is 1. The number of aryl methyl sites for hydroxylation is 1. The van der Waals surface area contributed by atoms with Gasteiger partial charge in [0.15, 0.2) is 5.13 Å². The predicted molar refractivity (Wildman–Crippen MR) is 70.4 cm³/mol. The molecule has 2 N–H and O–H groups in total. The van der Waals surface area contributed by atoms with Gasteiger partial charge in [-0.15, -0.1) is 11.3 Å². The van der Waals surface area contributed by atoms with Crippen molar-refractivity contribution in [3.05, 3.63) is 10.6 Å². The van der Waals surface area contributed by atoms with Crippen molar-refractivity contribution in [1.29, 1.82) is 0 Å². The van der Waals surface area contributed by atoms with Crippen molar-refractivity contribution >= 4 is 22.4 Å². The summed E-state index contributed by atoms with van der Waals surface area (Å²) in [5, 5.41) is 13.2. The summed E-state index contributed by atoms with van der Waals surface area (Å²) in [5.74, 6) is -1.20. The molecule has 2 rings (SSSR count). The Bertz CT molecular complexity index is 433. The van der Waals surface area contributed by atoms with Crippen LogP contribution in [0, 0.1) is 0 Å². The van der Waals surface area contributed by atoms with Gasteiger partial charge in [-0.1, -0.05) is 0 Å². The Balaban J connectivity index is 2.09. The Morgan fingerprint density at radius 3 is 3.17 bits per heavy atom. The Morgan fingerprint density at radius 1 is 1.72 bits per heavy atom. The molecule has 2 atom stereocenters. The number of rotatable bonds is 5. The minimum Gasteiger partial charge on any atom is -0.481 e. The van der Waals surface area contributed by atoms with Gasteiger partial charge in [-0.2, -0.15) is 0 Å². The van der Waals surface area contributed by atoms with E-state index in [4.69, 9.17) is 4.74 Å². The highest BCUT2D eigenvalue weighted by Crippen LogP contribution is 2.36. The Labute approximate surface area is 110 Å². The molecule has 1 heterocycles. The number of methoxy groups -OCH3 is 1. The molecule has 0 saturated carbocycles. The van der Waals surface area contributed by atoms with Crippen molar-refractivity contribution in [2.24, 2.45) is 0 Å². The van der Waals surface area contributed by atoms with E-state index in [0.717, 1.165) is 28.5 Å². The lowest BCUT2D eigenvalue weighted by Crippen LogP contribution is -2.19. The normalized spacial score (nSPS) is 20.2. The van der Waals surface area contributed by atoms with Crippen LogP contribution in [0.3, 0.4) is 0 Å². The number of hydrogen-bond acceptors (Lipinski definition) is 5. The fourth-order valence-corrected chi connectivity index (χ4v) is 3.12. The maximum atomic E-state index is 11.2. The number of carboxylic acids is 1. The molecule has 0 amide bonds. The summed E-state index contributed by atoms with van der Waals surface area (Å²) in [5.41, 5.74) is 0.756. The number of fused-ring (bicyclic) bond motifs is 1. The van der Waals surface area contributed by atoms with E-state index in [1.54, 1.807) is 18.4 Å². The molecule has 100 valence electrons. The van der Waals surface area contributed by atoms with Gasteiger partial charge < -0.3 is 15.2 Å². The lowest BCUT2D eigenvalue weighted by molar-refractivity contribution is -0.139. The number of ether oxygens (including phenoxy) is 1. The fraction of sp³-hybridized carbons (Fsp3) is 0.667. The van der Waals surface area contributed by atoms with E-state index < -0.39 is 11.9 Å². The topological polar surface area (TPSA) is 71.5 Å². The van der Waals surface area contributed by atoms with E-state index in [1.165, 1.54) is 0 Å². The van der Waals surface area contributed by atoms with Crippen molar-refractivity contribution in [3.63, 3.8) is 0 Å². The Hall–Kier alpha value is -1.14. The molecule has 0 spiro atoms. The summed E-state index contributed by atoms with van der Waals surface area (Å²) >= 11 is 1.57. The first-order valence-electron chi connectivity index (χ1n) is 6.11. The molecule has 0 bridgehead atoms. The van der Waals surface area contributed by atoms with Gasteiger partial charge in [0.05, 0.1) is 11.8 Å². The second-order valence-electron chi connectivity index (χ2n) is 4.54. The van der Waals surface area contributed by atoms with Crippen molar-refractivity contribution < 1.29 is 14.6 Å². The molecule has 6 heteroatoms. The van der Waals surface area contributed by atoms with Crippen molar-refractivity contribution in [2.75, 3.05) is 19.0 Å². The molecule has 0 fully saturated rings. The summed E-state index contributed by atoms with van der Waals surface area (Å²) < 4.78 is 5.15. The summed E-state index contributed by atoms with van der Waals surface area (Å²) in [6.45, 7) is 2.65. The van der Waals surface area contributed by atoms with Crippen LogP contribution in [0.25, 0.3) is 0 Å². The van der Waals surface area contributed by atoms with Crippen LogP contribution in [0.2, 0.25) is 0 Å². The first-order valence-corrected chi connectivity index (χ1v) is 6.92. The highest BCUT2D eigenvalue weighted by atomic mass is 32.1. The van der Waals surface area contributed by atoms with E-state index in [-0.39, 0.29) is 6.10 Å². The molecule has 1 aromatic rings. The maximum absolute atomic E-state index is 11.2. The zero-order chi connectivity index (χ0) is 13.1. The van der Waals surface area contributed by atoms with E-state index in [9.17, 15) is 9.90 Å². The average Bonchev–Trinajstić information content (AvgIpc) is 2.77. The lowest BCUT2D eigenvalue weighted by atomic mass is 9.91. The molecule has 0 aromatic carbocycles. The van der Waals surface area contributed by atoms with E-state index >= 15 is 0 Å². The average molecular weight is 270 g/mol. The number of hydrogen-bond donors (Lipinski definition) is 2. The third kappa shape index (κ3) is 2.81. The molecule has 0 saturated heterocycles. The number of anilines is 1. The third-order valence-corrected chi connectivity index (χ3v) is 4.28. The number of carbonyl (C=O) groups is 1. The lowest BCUT2D eigenvalue weighted by Gasteiger charge is -2.16. The standard InChI is InChI=1S/C12H18N2O3S/c1-7(17-2)6-13-12-14-10-8(11(15)16)4-3-5-9(10)18-12/h7-8H,3-6H2,1-2H3,(H,13,14)(H,15,16). The molecule has 0 radical (unpaired) electrons. The van der Waals surface area contributed by atoms with Crippen LogP contribution in [-0.4, -0.2) is 35.8 Å². The highest BCUT2D eigenvalue weighted by molar-refractivity contribution is 7.15. The molecule has 1 aromatic heterocycles.